The Bertz CT molecular complexity index is 972. The van der Waals surface area contributed by atoms with Crippen LogP contribution in [0, 0.1) is 0 Å². The maximum absolute atomic E-state index is 13.0. The summed E-state index contributed by atoms with van der Waals surface area (Å²) in [6.07, 6.45) is 0. The second-order valence-corrected chi connectivity index (χ2v) is 7.69. The molecule has 0 aliphatic carbocycles. The molecule has 0 bridgehead atoms. The van der Waals surface area contributed by atoms with Crippen molar-refractivity contribution >= 4 is 29.1 Å². The van der Waals surface area contributed by atoms with Gasteiger partial charge in [-0.05, 0) is 44.8 Å². The van der Waals surface area contributed by atoms with Crippen molar-refractivity contribution in [3.05, 3.63) is 70.3 Å². The molecule has 0 saturated carbocycles. The normalized spacial score (nSPS) is 18.3. The van der Waals surface area contributed by atoms with E-state index in [1.165, 1.54) is 4.90 Å². The van der Waals surface area contributed by atoms with E-state index in [0.717, 1.165) is 5.56 Å². The molecule has 7 heteroatoms. The third-order valence-corrected chi connectivity index (χ3v) is 5.28. The summed E-state index contributed by atoms with van der Waals surface area (Å²) in [5.41, 5.74) is 1.03. The lowest BCUT2D eigenvalue weighted by Crippen LogP contribution is -2.35. The van der Waals surface area contributed by atoms with E-state index in [1.807, 2.05) is 56.3 Å². The van der Waals surface area contributed by atoms with Crippen molar-refractivity contribution < 1.29 is 19.4 Å². The Morgan fingerprint density at radius 3 is 2.50 bits per heavy atom. The van der Waals surface area contributed by atoms with Crippen LogP contribution in [-0.4, -0.2) is 60.4 Å². The molecule has 0 aromatic heterocycles. The fraction of sp³-hybridized carbons (Fsp3) is 0.304. The summed E-state index contributed by atoms with van der Waals surface area (Å²) in [7, 11) is 3.79. The Labute approximate surface area is 181 Å². The maximum atomic E-state index is 13.0. The highest BCUT2D eigenvalue weighted by molar-refractivity contribution is 6.47. The fourth-order valence-corrected chi connectivity index (χ4v) is 3.69. The number of likely N-dealkylation sites (tertiary alicyclic amines) is 1. The van der Waals surface area contributed by atoms with Crippen LogP contribution in [-0.2, 0) is 9.59 Å². The zero-order valence-corrected chi connectivity index (χ0v) is 18.0. The van der Waals surface area contributed by atoms with Gasteiger partial charge in [-0.2, -0.15) is 0 Å². The van der Waals surface area contributed by atoms with Crippen molar-refractivity contribution in [3.63, 3.8) is 0 Å². The van der Waals surface area contributed by atoms with Gasteiger partial charge in [0.1, 0.15) is 11.5 Å². The molecule has 1 saturated heterocycles. The summed E-state index contributed by atoms with van der Waals surface area (Å²) in [5, 5.41) is 11.4. The fourth-order valence-electron chi connectivity index (χ4n) is 3.49. The maximum Gasteiger partial charge on any atom is 0.295 e. The molecule has 1 unspecified atom stereocenters. The lowest BCUT2D eigenvalue weighted by atomic mass is 9.95. The number of ketones is 1. The first kappa shape index (κ1) is 21.9. The first-order valence-corrected chi connectivity index (χ1v) is 10.1. The number of aliphatic hydroxyl groups excluding tert-OH is 1. The molecule has 6 nitrogen and oxygen atoms in total. The van der Waals surface area contributed by atoms with Gasteiger partial charge < -0.3 is 19.6 Å². The van der Waals surface area contributed by atoms with E-state index < -0.39 is 17.7 Å². The van der Waals surface area contributed by atoms with Crippen molar-refractivity contribution in [2.75, 3.05) is 33.8 Å². The lowest BCUT2D eigenvalue weighted by Gasteiger charge is -2.26. The summed E-state index contributed by atoms with van der Waals surface area (Å²) >= 11 is 6.32. The number of halogens is 1. The molecule has 2 aromatic carbocycles. The van der Waals surface area contributed by atoms with Gasteiger partial charge in [0, 0.05) is 18.7 Å². The Morgan fingerprint density at radius 2 is 1.87 bits per heavy atom. The summed E-state index contributed by atoms with van der Waals surface area (Å²) < 4.78 is 5.50. The number of nitrogens with zero attached hydrogens (tertiary/aromatic N) is 2. The van der Waals surface area contributed by atoms with Gasteiger partial charge >= 0.3 is 0 Å². The molecule has 1 atom stereocenters. The van der Waals surface area contributed by atoms with Crippen molar-refractivity contribution in [2.45, 2.75) is 13.0 Å². The summed E-state index contributed by atoms with van der Waals surface area (Å²) in [4.78, 5) is 29.3. The van der Waals surface area contributed by atoms with Gasteiger partial charge in [-0.1, -0.05) is 41.9 Å². The van der Waals surface area contributed by atoms with Crippen LogP contribution in [0.15, 0.2) is 54.1 Å². The van der Waals surface area contributed by atoms with Crippen molar-refractivity contribution in [1.82, 2.24) is 9.80 Å². The number of rotatable bonds is 7. The van der Waals surface area contributed by atoms with E-state index in [1.54, 1.807) is 18.2 Å². The molecule has 1 aliphatic rings. The van der Waals surface area contributed by atoms with Crippen molar-refractivity contribution in [3.8, 4) is 5.75 Å². The van der Waals surface area contributed by atoms with Crippen LogP contribution in [0.25, 0.3) is 5.76 Å². The molecule has 0 spiro atoms. The van der Waals surface area contributed by atoms with Crippen LogP contribution in [0.4, 0.5) is 0 Å². The molecule has 1 amide bonds. The molecule has 30 heavy (non-hydrogen) atoms. The minimum absolute atomic E-state index is 0.0282. The van der Waals surface area contributed by atoms with Crippen LogP contribution in [0.2, 0.25) is 5.02 Å². The highest BCUT2D eigenvalue weighted by Crippen LogP contribution is 2.40. The topological polar surface area (TPSA) is 70.1 Å². The van der Waals surface area contributed by atoms with Gasteiger partial charge in [-0.3, -0.25) is 9.59 Å². The standard InChI is InChI=1S/C23H25ClN2O4/c1-4-30-16-10-11-18(24)17(14-16)21(27)19-20(15-8-6-5-7-9-15)26(13-12-25(2)3)23(29)22(19)28/h5-11,14,20,27H,4,12-13H2,1-3H3/b21-19+. The molecule has 1 N–H and O–H groups in total. The molecule has 1 aliphatic heterocycles. The van der Waals surface area contributed by atoms with Crippen LogP contribution < -0.4 is 4.74 Å². The lowest BCUT2D eigenvalue weighted by molar-refractivity contribution is -0.140. The summed E-state index contributed by atoms with van der Waals surface area (Å²) in [6, 6.07) is 13.4. The summed E-state index contributed by atoms with van der Waals surface area (Å²) in [5.74, 6) is -1.15. The van der Waals surface area contributed by atoms with Crippen LogP contribution in [0.1, 0.15) is 24.1 Å². The van der Waals surface area contributed by atoms with E-state index in [-0.39, 0.29) is 21.9 Å². The van der Waals surface area contributed by atoms with E-state index in [4.69, 9.17) is 16.3 Å². The van der Waals surface area contributed by atoms with Crippen molar-refractivity contribution in [2.24, 2.45) is 0 Å². The van der Waals surface area contributed by atoms with E-state index in [9.17, 15) is 14.7 Å². The Morgan fingerprint density at radius 1 is 1.17 bits per heavy atom. The average Bonchev–Trinajstić information content (AvgIpc) is 2.98. The Balaban J connectivity index is 2.16. The highest BCUT2D eigenvalue weighted by Gasteiger charge is 2.46. The molecular formula is C23H25ClN2O4. The van der Waals surface area contributed by atoms with Gasteiger partial charge in [-0.25, -0.2) is 0 Å². The number of hydrogen-bond donors (Lipinski definition) is 1. The molecular weight excluding hydrogens is 404 g/mol. The van der Waals surface area contributed by atoms with Crippen molar-refractivity contribution in [1.29, 1.82) is 0 Å². The second kappa shape index (κ2) is 9.32. The van der Waals surface area contributed by atoms with Gasteiger partial charge in [0.15, 0.2) is 0 Å². The first-order chi connectivity index (χ1) is 14.3. The monoisotopic (exact) mass is 428 g/mol. The zero-order valence-electron chi connectivity index (χ0n) is 17.3. The van der Waals surface area contributed by atoms with Gasteiger partial charge in [0.05, 0.1) is 23.2 Å². The SMILES string of the molecule is CCOc1ccc(Cl)c(/C(O)=C2\C(=O)C(=O)N(CCN(C)C)C2c2ccccc2)c1. The van der Waals surface area contributed by atoms with Gasteiger partial charge in [0.2, 0.25) is 0 Å². The first-order valence-electron chi connectivity index (χ1n) is 9.76. The molecule has 2 aromatic rings. The number of carbonyl (C=O) groups excluding carboxylic acids is 2. The average molecular weight is 429 g/mol. The van der Waals surface area contributed by atoms with E-state index >= 15 is 0 Å². The predicted molar refractivity (Wildman–Crippen MR) is 117 cm³/mol. The Hall–Kier alpha value is -2.83. The number of ether oxygens (including phenoxy) is 1. The third-order valence-electron chi connectivity index (χ3n) is 4.95. The molecule has 1 heterocycles. The van der Waals surface area contributed by atoms with Gasteiger partial charge in [0.25, 0.3) is 11.7 Å². The largest absolute Gasteiger partial charge is 0.507 e. The predicted octanol–water partition coefficient (Wildman–Crippen LogP) is 3.72. The minimum Gasteiger partial charge on any atom is -0.507 e. The number of Topliss-reactive ketones (excluding diaryl/α,β-unsaturated/α-hetero) is 1. The number of aliphatic hydroxyl groups is 1. The van der Waals surface area contributed by atoms with Crippen LogP contribution in [0.5, 0.6) is 5.75 Å². The Kier molecular flexibility index (Phi) is 6.80. The number of likely N-dealkylation sites (N-methyl/N-ethyl adjacent to an activating group) is 1. The van der Waals surface area contributed by atoms with Crippen LogP contribution >= 0.6 is 11.6 Å². The van der Waals surface area contributed by atoms with Crippen LogP contribution in [0.3, 0.4) is 0 Å². The second-order valence-electron chi connectivity index (χ2n) is 7.28. The number of benzene rings is 2. The third kappa shape index (κ3) is 4.35. The number of hydrogen-bond acceptors (Lipinski definition) is 5. The smallest absolute Gasteiger partial charge is 0.295 e. The molecule has 158 valence electrons. The van der Waals surface area contributed by atoms with E-state index in [0.29, 0.717) is 25.4 Å². The molecule has 0 radical (unpaired) electrons. The molecule has 3 rings (SSSR count). The minimum atomic E-state index is -0.724. The quantitative estimate of drug-likeness (QED) is 0.413. The summed E-state index contributed by atoms with van der Waals surface area (Å²) in [6.45, 7) is 3.22. The van der Waals surface area contributed by atoms with E-state index in [2.05, 4.69) is 0 Å². The van der Waals surface area contributed by atoms with Gasteiger partial charge in [-0.15, -0.1) is 0 Å². The number of amides is 1. The highest BCUT2D eigenvalue weighted by atomic mass is 35.5. The molecule has 1 fully saturated rings. The number of carbonyl (C=O) groups is 2. The zero-order chi connectivity index (χ0) is 21.8.